The molecule has 0 aliphatic carbocycles. The Balaban J connectivity index is 1.58. The van der Waals surface area contributed by atoms with Crippen LogP contribution in [0.1, 0.15) is 15.9 Å². The van der Waals surface area contributed by atoms with Gasteiger partial charge in [-0.3, -0.25) is 4.79 Å². The molecule has 18 nitrogen and oxygen atoms in total. The molecule has 3 fully saturated rings. The Morgan fingerprint density at radius 1 is 0.814 bits per heavy atom. The van der Waals surface area contributed by atoms with Crippen LogP contribution >= 0.6 is 0 Å². The van der Waals surface area contributed by atoms with Crippen molar-refractivity contribution in [1.82, 2.24) is 0 Å². The molecule has 3 saturated heterocycles. The summed E-state index contributed by atoms with van der Waals surface area (Å²) in [6.45, 7) is -2.54. The maximum absolute atomic E-state index is 11.4. The topological polar surface area (TPSA) is 323 Å². The van der Waals surface area contributed by atoms with Gasteiger partial charge in [0, 0.05) is 5.56 Å². The van der Waals surface area contributed by atoms with Crippen molar-refractivity contribution in [2.45, 2.75) is 91.4 Å². The number of rotatable bonds is 9. The third kappa shape index (κ3) is 6.03. The minimum atomic E-state index is -2.27. The zero-order chi connectivity index (χ0) is 31.8. The highest BCUT2D eigenvalue weighted by Crippen LogP contribution is 2.43. The molecule has 15 N–H and O–H groups in total. The predicted molar refractivity (Wildman–Crippen MR) is 139 cm³/mol. The summed E-state index contributed by atoms with van der Waals surface area (Å²) < 4.78 is 28.3. The number of aromatic hydroxyl groups is 1. The molecule has 3 aliphatic heterocycles. The lowest BCUT2D eigenvalue weighted by atomic mass is 9.80. The molecule has 244 valence electrons. The number of phenols is 1. The number of para-hydroxylation sites is 1. The number of benzene rings is 1. The molecular weight excluding hydrogens is 582 g/mol. The van der Waals surface area contributed by atoms with Crippen LogP contribution in [0.4, 0.5) is 0 Å². The van der Waals surface area contributed by atoms with Gasteiger partial charge in [0.2, 0.25) is 0 Å². The fourth-order valence-corrected chi connectivity index (χ4v) is 5.52. The minimum absolute atomic E-state index is 0.205. The summed E-state index contributed by atoms with van der Waals surface area (Å²) in [6.07, 6.45) is -17.2. The Labute approximate surface area is 244 Å². The van der Waals surface area contributed by atoms with E-state index in [1.165, 1.54) is 18.2 Å². The Morgan fingerprint density at radius 2 is 1.37 bits per heavy atom. The third-order valence-electron chi connectivity index (χ3n) is 8.13. The number of aliphatic hydroxyl groups excluding tert-OH is 8. The molecule has 3 heterocycles. The van der Waals surface area contributed by atoms with Crippen LogP contribution in [0.25, 0.3) is 0 Å². The van der Waals surface area contributed by atoms with Crippen molar-refractivity contribution in [2.75, 3.05) is 19.8 Å². The summed E-state index contributed by atoms with van der Waals surface area (Å²) in [5, 5.41) is 93.9. The Bertz CT molecular complexity index is 1100. The lowest BCUT2D eigenvalue weighted by Gasteiger charge is -2.51. The SMILES string of the molecule is N[C@H]1[C@@H](OC2[C@@H](CO)O[C@@H](OC3[C@@H](CO)O[C@@H](O)[C@H](N)[C@H]3O)[C@H](N)[C@H]2O)O[C@@](CO)(c2cccc(C=O)c2O)[C@@H](O)[C@@H]1O. The second-order valence-electron chi connectivity index (χ2n) is 10.7. The number of phenolic OH excluding ortho intramolecular Hbond substituents is 1. The Morgan fingerprint density at radius 3 is 1.95 bits per heavy atom. The van der Waals surface area contributed by atoms with Gasteiger partial charge in [0.05, 0.1) is 43.5 Å². The van der Waals surface area contributed by atoms with Crippen LogP contribution in [0.3, 0.4) is 0 Å². The van der Waals surface area contributed by atoms with E-state index in [-0.39, 0.29) is 11.1 Å². The molecule has 0 amide bonds. The van der Waals surface area contributed by atoms with Crippen molar-refractivity contribution in [3.8, 4) is 5.75 Å². The molecule has 0 bridgehead atoms. The summed E-state index contributed by atoms with van der Waals surface area (Å²) in [7, 11) is 0. The van der Waals surface area contributed by atoms with E-state index in [4.69, 9.17) is 40.9 Å². The van der Waals surface area contributed by atoms with Crippen LogP contribution in [0.2, 0.25) is 0 Å². The maximum atomic E-state index is 11.4. The van der Waals surface area contributed by atoms with Gasteiger partial charge in [-0.1, -0.05) is 12.1 Å². The summed E-state index contributed by atoms with van der Waals surface area (Å²) in [5.74, 6) is -0.648. The maximum Gasteiger partial charge on any atom is 0.177 e. The quantitative estimate of drug-likeness (QED) is 0.114. The number of hydrogen-bond donors (Lipinski definition) is 12. The number of nitrogens with two attached hydrogens (primary N) is 3. The second kappa shape index (κ2) is 13.6. The van der Waals surface area contributed by atoms with E-state index >= 15 is 0 Å². The van der Waals surface area contributed by atoms with Gasteiger partial charge in [0.25, 0.3) is 0 Å². The summed E-state index contributed by atoms with van der Waals surface area (Å²) in [5.41, 5.74) is 15.2. The van der Waals surface area contributed by atoms with E-state index in [0.717, 1.165) is 0 Å². The molecule has 1 aromatic rings. The fraction of sp³-hybridized carbons (Fsp3) is 0.720. The molecular formula is C25H39N3O15. The molecule has 0 radical (unpaired) electrons. The summed E-state index contributed by atoms with van der Waals surface area (Å²) >= 11 is 0. The average molecular weight is 622 g/mol. The Kier molecular flexibility index (Phi) is 10.7. The average Bonchev–Trinajstić information content (AvgIpc) is 3.01. The minimum Gasteiger partial charge on any atom is -0.507 e. The smallest absolute Gasteiger partial charge is 0.177 e. The van der Waals surface area contributed by atoms with Crippen molar-refractivity contribution >= 4 is 6.29 Å². The lowest BCUT2D eigenvalue weighted by molar-refractivity contribution is -0.363. The molecule has 18 heteroatoms. The number of carbonyl (C=O) groups is 1. The first-order valence-electron chi connectivity index (χ1n) is 13.4. The first kappa shape index (κ1) is 33.9. The van der Waals surface area contributed by atoms with Crippen LogP contribution in [-0.4, -0.2) is 158 Å². The fourth-order valence-electron chi connectivity index (χ4n) is 5.52. The number of aliphatic hydroxyl groups is 8. The highest BCUT2D eigenvalue weighted by atomic mass is 16.7. The summed E-state index contributed by atoms with van der Waals surface area (Å²) in [6, 6.07) is -0.452. The van der Waals surface area contributed by atoms with Gasteiger partial charge in [0.1, 0.15) is 54.6 Å². The van der Waals surface area contributed by atoms with Crippen LogP contribution in [0.15, 0.2) is 18.2 Å². The molecule has 4 rings (SSSR count). The molecule has 2 unspecified atom stereocenters. The van der Waals surface area contributed by atoms with Crippen LogP contribution in [0.5, 0.6) is 5.75 Å². The van der Waals surface area contributed by atoms with Gasteiger partial charge in [-0.05, 0) is 6.07 Å². The first-order chi connectivity index (χ1) is 20.4. The monoisotopic (exact) mass is 621 g/mol. The molecule has 43 heavy (non-hydrogen) atoms. The van der Waals surface area contributed by atoms with Crippen molar-refractivity contribution in [3.05, 3.63) is 29.3 Å². The van der Waals surface area contributed by atoms with E-state index in [2.05, 4.69) is 0 Å². The molecule has 0 aromatic heterocycles. The molecule has 3 aliphatic rings. The van der Waals surface area contributed by atoms with Crippen LogP contribution in [0, 0.1) is 0 Å². The molecule has 1 aromatic carbocycles. The van der Waals surface area contributed by atoms with E-state index in [1.54, 1.807) is 0 Å². The van der Waals surface area contributed by atoms with Crippen molar-refractivity contribution in [1.29, 1.82) is 0 Å². The van der Waals surface area contributed by atoms with Gasteiger partial charge in [-0.25, -0.2) is 0 Å². The van der Waals surface area contributed by atoms with E-state index in [0.29, 0.717) is 6.29 Å². The number of aldehydes is 1. The Hall–Kier alpha value is -1.95. The summed E-state index contributed by atoms with van der Waals surface area (Å²) in [4.78, 5) is 11.4. The second-order valence-corrected chi connectivity index (χ2v) is 10.7. The zero-order valence-electron chi connectivity index (χ0n) is 22.7. The number of hydrogen-bond acceptors (Lipinski definition) is 18. The van der Waals surface area contributed by atoms with E-state index in [9.17, 15) is 50.8 Å². The van der Waals surface area contributed by atoms with Crippen LogP contribution in [-0.2, 0) is 29.3 Å². The van der Waals surface area contributed by atoms with E-state index in [1.807, 2.05) is 0 Å². The first-order valence-corrected chi connectivity index (χ1v) is 13.4. The van der Waals surface area contributed by atoms with Gasteiger partial charge < -0.3 is 86.8 Å². The normalized spacial score (nSPS) is 45.6. The lowest BCUT2D eigenvalue weighted by Crippen LogP contribution is -2.70. The van der Waals surface area contributed by atoms with Gasteiger partial charge >= 0.3 is 0 Å². The van der Waals surface area contributed by atoms with Gasteiger partial charge in [-0.15, -0.1) is 0 Å². The number of ether oxygens (including phenoxy) is 5. The largest absolute Gasteiger partial charge is 0.507 e. The molecule has 0 saturated carbocycles. The molecule has 15 atom stereocenters. The van der Waals surface area contributed by atoms with Crippen molar-refractivity contribution < 1.29 is 74.4 Å². The predicted octanol–water partition coefficient (Wildman–Crippen LogP) is -6.63. The van der Waals surface area contributed by atoms with Gasteiger partial charge in [0.15, 0.2) is 30.8 Å². The van der Waals surface area contributed by atoms with Crippen molar-refractivity contribution in [2.24, 2.45) is 17.2 Å². The van der Waals surface area contributed by atoms with Crippen LogP contribution < -0.4 is 17.2 Å². The third-order valence-corrected chi connectivity index (χ3v) is 8.13. The zero-order valence-corrected chi connectivity index (χ0v) is 22.7. The van der Waals surface area contributed by atoms with Gasteiger partial charge in [-0.2, -0.15) is 0 Å². The highest BCUT2D eigenvalue weighted by molar-refractivity contribution is 5.80. The highest BCUT2D eigenvalue weighted by Gasteiger charge is 2.57. The van der Waals surface area contributed by atoms with E-state index < -0.39 is 117 Å². The molecule has 0 spiro atoms. The van der Waals surface area contributed by atoms with Crippen molar-refractivity contribution in [3.63, 3.8) is 0 Å². The standard InChI is InChI=1S/C25H39N3O15/c26-12-16(34)19(10(5-30)39-22(12)38)41-23-13(27)17(35)20(11(6-31)40-23)42-24-14(28)18(36)21(37)25(7-32,43-24)9-3-1-2-8(4-29)15(9)33/h1-4,10-14,16-24,30-38H,5-7,26-28H2/t10-,11-,12-,13-,14-,16-,17-,18-,19?,20?,21+,22-,23+,24+,25+/m1/s1. The number of carbonyl (C=O) groups excluding carboxylic acids is 1.